The summed E-state index contributed by atoms with van der Waals surface area (Å²) in [6.07, 6.45) is 6.81. The normalized spacial score (nSPS) is 19.9. The zero-order valence-corrected chi connectivity index (χ0v) is 22.9. The molecule has 0 radical (unpaired) electrons. The lowest BCUT2D eigenvalue weighted by molar-refractivity contribution is -0.119. The third-order valence-corrected chi connectivity index (χ3v) is 8.04. The predicted octanol–water partition coefficient (Wildman–Crippen LogP) is 6.03. The van der Waals surface area contributed by atoms with Crippen molar-refractivity contribution >= 4 is 46.2 Å². The maximum absolute atomic E-state index is 12.0. The van der Waals surface area contributed by atoms with Crippen molar-refractivity contribution in [3.05, 3.63) is 76.3 Å². The van der Waals surface area contributed by atoms with Crippen LogP contribution in [0, 0.1) is 13.8 Å². The van der Waals surface area contributed by atoms with Crippen LogP contribution in [0.1, 0.15) is 66.5 Å². The third-order valence-electron chi connectivity index (χ3n) is 7.41. The molecule has 0 unspecified atom stereocenters. The van der Waals surface area contributed by atoms with Crippen molar-refractivity contribution < 1.29 is 9.53 Å². The van der Waals surface area contributed by atoms with Crippen molar-refractivity contribution in [1.82, 2.24) is 14.9 Å². The van der Waals surface area contributed by atoms with E-state index in [1.807, 2.05) is 36.5 Å². The first-order valence-corrected chi connectivity index (χ1v) is 13.4. The summed E-state index contributed by atoms with van der Waals surface area (Å²) < 4.78 is 7.43. The number of thiocarbonyl (C=S) groups is 1. The van der Waals surface area contributed by atoms with Crippen LogP contribution in [0.3, 0.4) is 0 Å². The Morgan fingerprint density at radius 1 is 1.22 bits per heavy atom. The number of hydrogen-bond donors (Lipinski definition) is 2. The molecule has 7 nitrogen and oxygen atoms in total. The lowest BCUT2D eigenvalue weighted by Gasteiger charge is -2.29. The first-order chi connectivity index (χ1) is 17.9. The molecule has 0 bridgehead atoms. The highest BCUT2D eigenvalue weighted by atomic mass is 35.5. The number of ether oxygens (including phenoxy) is 1. The van der Waals surface area contributed by atoms with Crippen molar-refractivity contribution in [2.75, 3.05) is 23.9 Å². The number of halogens is 1. The summed E-state index contributed by atoms with van der Waals surface area (Å²) in [6.45, 7) is 4.38. The van der Waals surface area contributed by atoms with Gasteiger partial charge in [0.15, 0.2) is 5.11 Å². The second-order valence-electron chi connectivity index (χ2n) is 9.78. The highest BCUT2D eigenvalue weighted by Gasteiger charge is 2.42. The topological polar surface area (TPSA) is 71.4 Å². The van der Waals surface area contributed by atoms with Crippen molar-refractivity contribution in [2.24, 2.45) is 0 Å². The number of aryl methyl sites for hydroxylation is 1. The molecule has 2 N–H and O–H groups in total. The van der Waals surface area contributed by atoms with Gasteiger partial charge in [0.05, 0.1) is 28.5 Å². The number of anilines is 2. The summed E-state index contributed by atoms with van der Waals surface area (Å²) in [4.78, 5) is 18.8. The molecule has 1 saturated heterocycles. The number of hydrogen-bond acceptors (Lipinski definition) is 4. The molecule has 194 valence electrons. The highest BCUT2D eigenvalue weighted by molar-refractivity contribution is 7.80. The van der Waals surface area contributed by atoms with Gasteiger partial charge in [-0.3, -0.25) is 9.78 Å². The van der Waals surface area contributed by atoms with Gasteiger partial charge in [-0.05, 0) is 80.9 Å². The number of carbonyl (C=O) groups is 1. The summed E-state index contributed by atoms with van der Waals surface area (Å²) in [5, 5.41) is 7.37. The molecule has 2 aromatic heterocycles. The van der Waals surface area contributed by atoms with Crippen LogP contribution < -0.4 is 15.5 Å². The van der Waals surface area contributed by atoms with Gasteiger partial charge >= 0.3 is 0 Å². The SMILES string of the molecule is COCC(=O)Nc1ccc(N2C(=S)N[C@@H](c3ccccn3)[C@H]2c2cc(C)n(C3CCCC3)c2C)cc1Cl. The van der Waals surface area contributed by atoms with Gasteiger partial charge in [0.2, 0.25) is 5.91 Å². The standard InChI is InChI=1S/C28H32ClN5O2S/c1-17-14-21(18(2)33(17)19-8-4-5-9-19)27-26(24-10-6-7-13-30-24)32-28(37)34(27)20-11-12-23(22(29)15-20)31-25(35)16-36-3/h6-7,10-15,19,26-27H,4-5,8-9,16H2,1-3H3,(H,31,35)(H,32,37)/t26-,27+/m0/s1. The Bertz CT molecular complexity index is 1310. The van der Waals surface area contributed by atoms with Crippen molar-refractivity contribution in [3.8, 4) is 0 Å². The Kier molecular flexibility index (Phi) is 7.51. The van der Waals surface area contributed by atoms with Crippen molar-refractivity contribution in [2.45, 2.75) is 57.7 Å². The monoisotopic (exact) mass is 537 g/mol. The number of carbonyl (C=O) groups excluding carboxylic acids is 1. The van der Waals surface area contributed by atoms with E-state index in [4.69, 9.17) is 28.6 Å². The maximum atomic E-state index is 12.0. The molecule has 3 heterocycles. The van der Waals surface area contributed by atoms with Crippen LogP contribution in [-0.4, -0.2) is 34.3 Å². The van der Waals surface area contributed by atoms with E-state index in [2.05, 4.69) is 45.0 Å². The molecule has 0 spiro atoms. The lowest BCUT2D eigenvalue weighted by atomic mass is 9.96. The number of rotatable bonds is 7. The van der Waals surface area contributed by atoms with Crippen molar-refractivity contribution in [1.29, 1.82) is 0 Å². The minimum absolute atomic E-state index is 0.0390. The number of amides is 1. The van der Waals surface area contributed by atoms with Crippen LogP contribution in [0.25, 0.3) is 0 Å². The molecular weight excluding hydrogens is 506 g/mol. The molecule has 1 saturated carbocycles. The van der Waals surface area contributed by atoms with Gasteiger partial charge in [-0.1, -0.05) is 30.5 Å². The summed E-state index contributed by atoms with van der Waals surface area (Å²) in [7, 11) is 1.48. The fraction of sp³-hybridized carbons (Fsp3) is 0.393. The smallest absolute Gasteiger partial charge is 0.250 e. The predicted molar refractivity (Wildman–Crippen MR) is 151 cm³/mol. The van der Waals surface area contributed by atoms with Gasteiger partial charge < -0.3 is 24.8 Å². The Hall–Kier alpha value is -2.94. The number of aromatic nitrogens is 2. The van der Waals surface area contributed by atoms with E-state index in [0.717, 1.165) is 11.4 Å². The molecule has 1 aliphatic carbocycles. The number of nitrogens with zero attached hydrogens (tertiary/aromatic N) is 3. The molecule has 1 amide bonds. The van der Waals surface area contributed by atoms with Crippen LogP contribution in [0.15, 0.2) is 48.7 Å². The molecule has 2 aliphatic rings. The van der Waals surface area contributed by atoms with E-state index in [1.54, 1.807) is 6.07 Å². The van der Waals surface area contributed by atoms with E-state index in [9.17, 15) is 4.79 Å². The third kappa shape index (κ3) is 4.98. The maximum Gasteiger partial charge on any atom is 0.250 e. The zero-order chi connectivity index (χ0) is 26.1. The Balaban J connectivity index is 1.57. The van der Waals surface area contributed by atoms with E-state index in [0.29, 0.717) is 21.9 Å². The quantitative estimate of drug-likeness (QED) is 0.358. The van der Waals surface area contributed by atoms with E-state index in [-0.39, 0.29) is 24.6 Å². The van der Waals surface area contributed by atoms with Gasteiger partial charge in [-0.15, -0.1) is 0 Å². The number of nitrogens with one attached hydrogen (secondary N) is 2. The molecule has 2 fully saturated rings. The molecule has 1 aliphatic heterocycles. The van der Waals surface area contributed by atoms with Gasteiger partial charge in [0.1, 0.15) is 6.61 Å². The number of pyridine rings is 1. The number of benzene rings is 1. The van der Waals surface area contributed by atoms with Gasteiger partial charge in [-0.25, -0.2) is 0 Å². The van der Waals surface area contributed by atoms with Crippen LogP contribution in [0.5, 0.6) is 0 Å². The first kappa shape index (κ1) is 25.7. The molecule has 37 heavy (non-hydrogen) atoms. The fourth-order valence-corrected chi connectivity index (χ4v) is 6.42. The van der Waals surface area contributed by atoms with Gasteiger partial charge in [0.25, 0.3) is 0 Å². The Morgan fingerprint density at radius 2 is 2.00 bits per heavy atom. The Labute approximate surface area is 228 Å². The molecule has 1 aromatic carbocycles. The average molecular weight is 538 g/mol. The second-order valence-corrected chi connectivity index (χ2v) is 10.6. The lowest BCUT2D eigenvalue weighted by Crippen LogP contribution is -2.29. The average Bonchev–Trinajstić information content (AvgIpc) is 3.59. The Morgan fingerprint density at radius 3 is 2.68 bits per heavy atom. The molecule has 2 atom stereocenters. The zero-order valence-electron chi connectivity index (χ0n) is 21.3. The number of methoxy groups -OCH3 is 1. The van der Waals surface area contributed by atoms with Gasteiger partial charge in [-0.2, -0.15) is 0 Å². The van der Waals surface area contributed by atoms with Crippen LogP contribution in [0.2, 0.25) is 5.02 Å². The minimum Gasteiger partial charge on any atom is -0.375 e. The van der Waals surface area contributed by atoms with Gasteiger partial charge in [0, 0.05) is 36.4 Å². The molecule has 5 rings (SSSR count). The van der Waals surface area contributed by atoms with E-state index >= 15 is 0 Å². The fourth-order valence-electron chi connectivity index (χ4n) is 5.85. The van der Waals surface area contributed by atoms with E-state index < -0.39 is 0 Å². The van der Waals surface area contributed by atoms with Crippen LogP contribution in [-0.2, 0) is 9.53 Å². The van der Waals surface area contributed by atoms with Crippen molar-refractivity contribution in [3.63, 3.8) is 0 Å². The second kappa shape index (κ2) is 10.8. The highest BCUT2D eigenvalue weighted by Crippen LogP contribution is 2.45. The van der Waals surface area contributed by atoms with E-state index in [1.165, 1.54) is 49.7 Å². The molecule has 3 aromatic rings. The molecular formula is C28H32ClN5O2S. The summed E-state index contributed by atoms with van der Waals surface area (Å²) in [5.41, 5.74) is 6.07. The minimum atomic E-state index is -0.261. The molecule has 9 heteroatoms. The summed E-state index contributed by atoms with van der Waals surface area (Å²) in [6, 6.07) is 14.1. The summed E-state index contributed by atoms with van der Waals surface area (Å²) >= 11 is 12.5. The largest absolute Gasteiger partial charge is 0.375 e. The van der Waals surface area contributed by atoms with Crippen LogP contribution in [0.4, 0.5) is 11.4 Å². The first-order valence-electron chi connectivity index (χ1n) is 12.7. The summed E-state index contributed by atoms with van der Waals surface area (Å²) in [5.74, 6) is -0.261. The van der Waals surface area contributed by atoms with Crippen LogP contribution >= 0.6 is 23.8 Å².